The van der Waals surface area contributed by atoms with Crippen molar-refractivity contribution in [2.24, 2.45) is 21.6 Å². The van der Waals surface area contributed by atoms with Crippen molar-refractivity contribution in [3.8, 4) is 12.1 Å². The molecule has 0 bridgehead atoms. The van der Waals surface area contributed by atoms with Gasteiger partial charge in [-0.3, -0.25) is 0 Å². The Bertz CT molecular complexity index is 867. The normalized spacial score (nSPS) is 30.1. The van der Waals surface area contributed by atoms with Gasteiger partial charge in [0.1, 0.15) is 16.7 Å². The summed E-state index contributed by atoms with van der Waals surface area (Å²) in [6.07, 6.45) is 1.76. The summed E-state index contributed by atoms with van der Waals surface area (Å²) in [4.78, 5) is 4.64. The van der Waals surface area contributed by atoms with Crippen molar-refractivity contribution in [1.29, 1.82) is 10.5 Å². The Hall–Kier alpha value is -1.77. The maximum atomic E-state index is 13.9. The first-order valence-electron chi connectivity index (χ1n) is 8.81. The summed E-state index contributed by atoms with van der Waals surface area (Å²) < 4.78 is 26.4. The number of benzene rings is 1. The van der Waals surface area contributed by atoms with Gasteiger partial charge in [-0.2, -0.15) is 10.5 Å². The van der Waals surface area contributed by atoms with Gasteiger partial charge in [-0.1, -0.05) is 19.9 Å². The van der Waals surface area contributed by atoms with Crippen LogP contribution < -0.4 is 5.73 Å². The lowest BCUT2D eigenvalue weighted by Gasteiger charge is -2.32. The molecular weight excluding hydrogens is 386 g/mol. The third-order valence-electron chi connectivity index (χ3n) is 5.21. The van der Waals surface area contributed by atoms with E-state index in [-0.39, 0.29) is 5.84 Å². The van der Waals surface area contributed by atoms with E-state index in [4.69, 9.17) is 5.73 Å². The van der Waals surface area contributed by atoms with Crippen molar-refractivity contribution in [3.05, 3.63) is 35.4 Å². The second-order valence-electron chi connectivity index (χ2n) is 6.72. The van der Waals surface area contributed by atoms with E-state index in [0.29, 0.717) is 5.56 Å². The fraction of sp³-hybridized carbons (Fsp3) is 0.526. The lowest BCUT2D eigenvalue weighted by molar-refractivity contribution is 0.505. The minimum absolute atomic E-state index is 0.119. The van der Waals surface area contributed by atoms with Crippen molar-refractivity contribution in [2.75, 3.05) is 11.5 Å². The van der Waals surface area contributed by atoms with Crippen LogP contribution in [0.3, 0.4) is 0 Å². The number of hydrogen-bond acceptors (Lipinski definition) is 6. The molecule has 4 nitrogen and oxygen atoms in total. The van der Waals surface area contributed by atoms with E-state index >= 15 is 0 Å². The molecule has 3 unspecified atom stereocenters. The van der Waals surface area contributed by atoms with E-state index < -0.39 is 32.6 Å². The molecule has 1 aliphatic carbocycles. The molecule has 3 rings (SSSR count). The molecule has 0 spiro atoms. The number of nitrogens with zero attached hydrogens (tertiary/aromatic N) is 3. The summed E-state index contributed by atoms with van der Waals surface area (Å²) >= 11 is 3.04. The number of rotatable bonds is 7. The number of amidine groups is 1. The monoisotopic (exact) mass is 406 g/mol. The third-order valence-corrected chi connectivity index (χ3v) is 8.75. The first-order valence-corrected chi connectivity index (χ1v) is 10.8. The number of nitrogens with two attached hydrogens (primary N) is 1. The standard InChI is InChI=1S/C19H20F2N4S2/c1-3-7-26-19(27-8-4-2)18(11-23)15(17(18,10-22)16(24)25-19)12-5-6-13(20)14(21)9-12/h5-6,9,15H,3-4,7-8H2,1-2H3,(H2,24,25). The average molecular weight is 407 g/mol. The third kappa shape index (κ3) is 2.43. The molecule has 1 aliphatic heterocycles. The molecule has 1 aromatic carbocycles. The Morgan fingerprint density at radius 3 is 2.22 bits per heavy atom. The van der Waals surface area contributed by atoms with Gasteiger partial charge in [0.05, 0.1) is 12.1 Å². The van der Waals surface area contributed by atoms with Crippen LogP contribution >= 0.6 is 23.5 Å². The largest absolute Gasteiger partial charge is 0.386 e. The van der Waals surface area contributed by atoms with Crippen LogP contribution in [0.5, 0.6) is 0 Å². The van der Waals surface area contributed by atoms with Gasteiger partial charge in [0, 0.05) is 5.92 Å². The van der Waals surface area contributed by atoms with Crippen molar-refractivity contribution in [3.63, 3.8) is 0 Å². The Labute approximate surface area is 166 Å². The number of fused-ring (bicyclic) bond motifs is 1. The minimum Gasteiger partial charge on any atom is -0.386 e. The van der Waals surface area contributed by atoms with Gasteiger partial charge < -0.3 is 5.73 Å². The zero-order chi connectivity index (χ0) is 19.9. The zero-order valence-electron chi connectivity index (χ0n) is 15.1. The first kappa shape index (κ1) is 20.0. The summed E-state index contributed by atoms with van der Waals surface area (Å²) in [5.41, 5.74) is 4.12. The van der Waals surface area contributed by atoms with Crippen LogP contribution in [-0.4, -0.2) is 21.5 Å². The van der Waals surface area contributed by atoms with Crippen molar-refractivity contribution in [1.82, 2.24) is 0 Å². The van der Waals surface area contributed by atoms with E-state index in [1.807, 2.05) is 13.8 Å². The van der Waals surface area contributed by atoms with Crippen LogP contribution in [-0.2, 0) is 0 Å². The lowest BCUT2D eigenvalue weighted by Crippen LogP contribution is -2.32. The van der Waals surface area contributed by atoms with Gasteiger partial charge in [-0.05, 0) is 42.0 Å². The van der Waals surface area contributed by atoms with Gasteiger partial charge >= 0.3 is 0 Å². The van der Waals surface area contributed by atoms with Crippen molar-refractivity contribution < 1.29 is 8.78 Å². The molecule has 142 valence electrons. The van der Waals surface area contributed by atoms with E-state index in [0.717, 1.165) is 36.5 Å². The summed E-state index contributed by atoms with van der Waals surface area (Å²) in [5.74, 6) is -0.974. The highest BCUT2D eigenvalue weighted by atomic mass is 32.2. The fourth-order valence-corrected chi connectivity index (χ4v) is 7.26. The number of thioether (sulfide) groups is 2. The molecule has 1 fully saturated rings. The van der Waals surface area contributed by atoms with Crippen LogP contribution in [0.25, 0.3) is 0 Å². The molecule has 3 atom stereocenters. The molecular formula is C19H20F2N4S2. The van der Waals surface area contributed by atoms with E-state index in [1.165, 1.54) is 29.6 Å². The Morgan fingerprint density at radius 1 is 1.11 bits per heavy atom. The number of aliphatic imine (C=N–C) groups is 1. The highest BCUT2D eigenvalue weighted by Gasteiger charge is 2.91. The molecule has 0 saturated heterocycles. The minimum atomic E-state index is -1.31. The van der Waals surface area contributed by atoms with Crippen LogP contribution in [0.2, 0.25) is 0 Å². The smallest absolute Gasteiger partial charge is 0.175 e. The second-order valence-corrected chi connectivity index (χ2v) is 9.56. The van der Waals surface area contributed by atoms with Gasteiger partial charge in [-0.15, -0.1) is 23.5 Å². The summed E-state index contributed by atoms with van der Waals surface area (Å²) in [6.45, 7) is 4.06. The molecule has 2 N–H and O–H groups in total. The Kier molecular flexibility index (Phi) is 5.18. The summed E-state index contributed by atoms with van der Waals surface area (Å²) in [7, 11) is 0. The van der Waals surface area contributed by atoms with E-state index in [9.17, 15) is 19.3 Å². The molecule has 1 saturated carbocycles. The van der Waals surface area contributed by atoms with Gasteiger partial charge in [-0.25, -0.2) is 13.8 Å². The van der Waals surface area contributed by atoms with Crippen LogP contribution in [0.1, 0.15) is 38.2 Å². The molecule has 0 amide bonds. The van der Waals surface area contributed by atoms with Crippen LogP contribution in [0.4, 0.5) is 8.78 Å². The van der Waals surface area contributed by atoms with Crippen LogP contribution in [0.15, 0.2) is 23.2 Å². The molecule has 27 heavy (non-hydrogen) atoms. The average Bonchev–Trinajstić information content (AvgIpc) is 3.24. The molecule has 1 aromatic rings. The van der Waals surface area contributed by atoms with Gasteiger partial charge in [0.25, 0.3) is 0 Å². The predicted octanol–water partition coefficient (Wildman–Crippen LogP) is 4.39. The van der Waals surface area contributed by atoms with Gasteiger partial charge in [0.2, 0.25) is 0 Å². The summed E-state index contributed by atoms with van der Waals surface area (Å²) in [5, 5.41) is 20.3. The number of hydrogen-bond donors (Lipinski definition) is 1. The second kappa shape index (κ2) is 7.00. The zero-order valence-corrected chi connectivity index (χ0v) is 16.8. The van der Waals surface area contributed by atoms with E-state index in [1.54, 1.807) is 0 Å². The molecule has 2 aliphatic rings. The maximum absolute atomic E-state index is 13.9. The SMILES string of the molecule is CCCSC1(SCCC)N=C(N)C2(C#N)C(c3ccc(F)c(F)c3)C12C#N. The van der Waals surface area contributed by atoms with E-state index in [2.05, 4.69) is 17.1 Å². The molecule has 0 radical (unpaired) electrons. The van der Waals surface area contributed by atoms with Crippen molar-refractivity contribution >= 4 is 29.4 Å². The quantitative estimate of drug-likeness (QED) is 0.679. The Morgan fingerprint density at radius 2 is 1.74 bits per heavy atom. The highest BCUT2D eigenvalue weighted by molar-refractivity contribution is 8.18. The Balaban J connectivity index is 2.18. The maximum Gasteiger partial charge on any atom is 0.175 e. The van der Waals surface area contributed by atoms with Crippen molar-refractivity contribution in [2.45, 2.75) is 36.8 Å². The molecule has 8 heteroatoms. The summed E-state index contributed by atoms with van der Waals surface area (Å²) in [6, 6.07) is 8.12. The van der Waals surface area contributed by atoms with Crippen LogP contribution in [0, 0.1) is 45.1 Å². The molecule has 1 heterocycles. The fourth-order valence-electron chi connectivity index (χ4n) is 4.03. The predicted molar refractivity (Wildman–Crippen MR) is 105 cm³/mol. The highest BCUT2D eigenvalue weighted by Crippen LogP contribution is 2.85. The first-order chi connectivity index (χ1) is 12.9. The molecule has 0 aromatic heterocycles. The number of halogens is 2. The lowest BCUT2D eigenvalue weighted by atomic mass is 9.97. The number of nitriles is 2. The topological polar surface area (TPSA) is 86.0 Å². The van der Waals surface area contributed by atoms with Gasteiger partial charge in [0.15, 0.2) is 15.8 Å².